The normalized spacial score (nSPS) is 55.7. The molecule has 4 aliphatic rings. The number of ketones is 1. The molecule has 4 fully saturated rings. The van der Waals surface area contributed by atoms with Gasteiger partial charge in [-0.15, -0.1) is 0 Å². The van der Waals surface area contributed by atoms with Crippen molar-refractivity contribution in [2.45, 2.75) is 85.5 Å². The summed E-state index contributed by atoms with van der Waals surface area (Å²) in [6, 6.07) is 0. The molecule has 0 aliphatic heterocycles. The molecule has 0 saturated heterocycles. The Labute approximate surface area is 143 Å². The van der Waals surface area contributed by atoms with Gasteiger partial charge < -0.3 is 0 Å². The van der Waals surface area contributed by atoms with E-state index in [1.165, 1.54) is 57.8 Å². The topological polar surface area (TPSA) is 17.1 Å². The highest BCUT2D eigenvalue weighted by atomic mass is 16.1. The highest BCUT2D eigenvalue weighted by Gasteiger charge is 2.60. The van der Waals surface area contributed by atoms with Gasteiger partial charge in [-0.2, -0.15) is 0 Å². The van der Waals surface area contributed by atoms with Gasteiger partial charge >= 0.3 is 0 Å². The van der Waals surface area contributed by atoms with E-state index >= 15 is 0 Å². The summed E-state index contributed by atoms with van der Waals surface area (Å²) < 4.78 is 0. The lowest BCUT2D eigenvalue weighted by atomic mass is 9.44. The predicted octanol–water partition coefficient (Wildman–Crippen LogP) is 5.87. The summed E-state index contributed by atoms with van der Waals surface area (Å²) in [4.78, 5) is 12.2. The van der Waals surface area contributed by atoms with Crippen LogP contribution in [0.25, 0.3) is 0 Å². The fourth-order valence-electron chi connectivity index (χ4n) is 8.14. The first-order valence-corrected chi connectivity index (χ1v) is 10.4. The first-order chi connectivity index (χ1) is 10.9. The molecule has 4 unspecified atom stereocenters. The van der Waals surface area contributed by atoms with Crippen LogP contribution in [-0.2, 0) is 4.79 Å². The average Bonchev–Trinajstić information content (AvgIpc) is 2.85. The Kier molecular flexibility index (Phi) is 3.75. The van der Waals surface area contributed by atoms with Crippen molar-refractivity contribution in [1.29, 1.82) is 0 Å². The van der Waals surface area contributed by atoms with Crippen molar-refractivity contribution >= 4 is 5.78 Å². The van der Waals surface area contributed by atoms with Crippen LogP contribution in [0.1, 0.15) is 85.5 Å². The lowest BCUT2D eigenvalue weighted by molar-refractivity contribution is -0.135. The molecule has 0 radical (unpaired) electrons. The van der Waals surface area contributed by atoms with Gasteiger partial charge in [-0.25, -0.2) is 0 Å². The molecule has 130 valence electrons. The van der Waals surface area contributed by atoms with Gasteiger partial charge in [-0.1, -0.05) is 27.2 Å². The molecule has 4 rings (SSSR count). The van der Waals surface area contributed by atoms with Crippen molar-refractivity contribution in [2.75, 3.05) is 0 Å². The SMILES string of the molecule is CC(=O)[C@H]1CCC2[C@@H]3CCC4CC(C)CC[C@]4(C)C3CC[C@@]21C. The largest absolute Gasteiger partial charge is 0.300 e. The van der Waals surface area contributed by atoms with Gasteiger partial charge in [0.25, 0.3) is 0 Å². The Morgan fingerprint density at radius 2 is 1.57 bits per heavy atom. The monoisotopic (exact) mass is 316 g/mol. The first-order valence-electron chi connectivity index (χ1n) is 10.4. The zero-order valence-electron chi connectivity index (χ0n) is 15.7. The third-order valence-electron chi connectivity index (χ3n) is 9.42. The van der Waals surface area contributed by atoms with Gasteiger partial charge in [0.1, 0.15) is 5.78 Å². The van der Waals surface area contributed by atoms with Crippen LogP contribution in [0.2, 0.25) is 0 Å². The Bertz CT molecular complexity index is 496. The van der Waals surface area contributed by atoms with Gasteiger partial charge in [-0.3, -0.25) is 4.79 Å². The van der Waals surface area contributed by atoms with Crippen LogP contribution in [0.15, 0.2) is 0 Å². The smallest absolute Gasteiger partial charge is 0.133 e. The lowest BCUT2D eigenvalue weighted by Gasteiger charge is -2.61. The maximum Gasteiger partial charge on any atom is 0.133 e. The molecule has 0 amide bonds. The third kappa shape index (κ3) is 2.20. The van der Waals surface area contributed by atoms with Crippen LogP contribution >= 0.6 is 0 Å². The Hall–Kier alpha value is -0.330. The van der Waals surface area contributed by atoms with Gasteiger partial charge in [0.15, 0.2) is 0 Å². The van der Waals surface area contributed by atoms with Crippen LogP contribution in [0, 0.1) is 46.3 Å². The zero-order valence-corrected chi connectivity index (χ0v) is 15.7. The molecule has 0 N–H and O–H groups in total. The number of fused-ring (bicyclic) bond motifs is 5. The molecule has 0 aromatic carbocycles. The Morgan fingerprint density at radius 3 is 2.30 bits per heavy atom. The number of rotatable bonds is 1. The quantitative estimate of drug-likeness (QED) is 0.591. The Morgan fingerprint density at radius 1 is 0.870 bits per heavy atom. The summed E-state index contributed by atoms with van der Waals surface area (Å²) in [5, 5.41) is 0. The van der Waals surface area contributed by atoms with Crippen LogP contribution < -0.4 is 0 Å². The third-order valence-corrected chi connectivity index (χ3v) is 9.42. The van der Waals surface area contributed by atoms with E-state index in [0.29, 0.717) is 22.5 Å². The van der Waals surface area contributed by atoms with Gasteiger partial charge in [-0.05, 0) is 98.7 Å². The second-order valence-corrected chi connectivity index (χ2v) is 10.3. The summed E-state index contributed by atoms with van der Waals surface area (Å²) in [6.45, 7) is 9.45. The molecular weight excluding hydrogens is 280 g/mol. The van der Waals surface area contributed by atoms with Gasteiger partial charge in [0, 0.05) is 5.92 Å². The van der Waals surface area contributed by atoms with E-state index < -0.39 is 0 Å². The first kappa shape index (κ1) is 16.2. The minimum absolute atomic E-state index is 0.332. The summed E-state index contributed by atoms with van der Waals surface area (Å²) in [5.74, 6) is 5.50. The summed E-state index contributed by atoms with van der Waals surface area (Å²) in [7, 11) is 0. The van der Waals surface area contributed by atoms with E-state index in [0.717, 1.165) is 29.6 Å². The highest BCUT2D eigenvalue weighted by Crippen LogP contribution is 2.67. The Balaban J connectivity index is 1.61. The maximum absolute atomic E-state index is 12.2. The average molecular weight is 317 g/mol. The molecule has 0 aromatic heterocycles. The zero-order chi connectivity index (χ0) is 16.4. The number of carbonyl (C=O) groups is 1. The second-order valence-electron chi connectivity index (χ2n) is 10.3. The maximum atomic E-state index is 12.2. The van der Waals surface area contributed by atoms with Crippen molar-refractivity contribution in [3.63, 3.8) is 0 Å². The van der Waals surface area contributed by atoms with Gasteiger partial charge in [0.05, 0.1) is 0 Å². The number of hydrogen-bond acceptors (Lipinski definition) is 1. The summed E-state index contributed by atoms with van der Waals surface area (Å²) in [6.07, 6.45) is 12.6. The molecule has 4 saturated carbocycles. The molecule has 1 nitrogen and oxygen atoms in total. The molecule has 1 heteroatoms. The fourth-order valence-corrected chi connectivity index (χ4v) is 8.14. The predicted molar refractivity (Wildman–Crippen MR) is 95.1 cm³/mol. The molecule has 0 bridgehead atoms. The van der Waals surface area contributed by atoms with Crippen LogP contribution in [0.4, 0.5) is 0 Å². The lowest BCUT2D eigenvalue weighted by Crippen LogP contribution is -2.53. The van der Waals surface area contributed by atoms with Crippen molar-refractivity contribution in [1.82, 2.24) is 0 Å². The van der Waals surface area contributed by atoms with Crippen LogP contribution in [0.5, 0.6) is 0 Å². The molecule has 0 aromatic rings. The standard InChI is InChI=1S/C22H36O/c1-14-9-11-21(3)16(13-14)5-6-17-19-8-7-18(15(2)23)22(19,4)12-10-20(17)21/h14,16-20H,5-13H2,1-4H3/t14?,16?,17-,18+,19?,20?,21-,22+/m0/s1. The number of carbonyl (C=O) groups excluding carboxylic acids is 1. The van der Waals surface area contributed by atoms with E-state index in [9.17, 15) is 4.79 Å². The summed E-state index contributed by atoms with van der Waals surface area (Å²) in [5.41, 5.74) is 0.948. The number of Topliss-reactive ketones (excluding diaryl/α,β-unsaturated/α-hetero) is 1. The second kappa shape index (κ2) is 5.33. The molecule has 23 heavy (non-hydrogen) atoms. The van der Waals surface area contributed by atoms with Crippen LogP contribution in [0.3, 0.4) is 0 Å². The van der Waals surface area contributed by atoms with E-state index in [2.05, 4.69) is 20.8 Å². The van der Waals surface area contributed by atoms with E-state index in [4.69, 9.17) is 0 Å². The molecule has 4 aliphatic carbocycles. The van der Waals surface area contributed by atoms with Crippen molar-refractivity contribution in [3.05, 3.63) is 0 Å². The van der Waals surface area contributed by atoms with E-state index in [-0.39, 0.29) is 0 Å². The minimum atomic E-state index is 0.332. The number of hydrogen-bond donors (Lipinski definition) is 0. The highest BCUT2D eigenvalue weighted by molar-refractivity contribution is 5.79. The fraction of sp³-hybridized carbons (Fsp3) is 0.955. The minimum Gasteiger partial charge on any atom is -0.300 e. The van der Waals surface area contributed by atoms with Crippen molar-refractivity contribution < 1.29 is 4.79 Å². The van der Waals surface area contributed by atoms with E-state index in [1.807, 2.05) is 6.92 Å². The van der Waals surface area contributed by atoms with Crippen molar-refractivity contribution in [2.24, 2.45) is 46.3 Å². The van der Waals surface area contributed by atoms with E-state index in [1.54, 1.807) is 0 Å². The molecule has 0 heterocycles. The van der Waals surface area contributed by atoms with Gasteiger partial charge in [0.2, 0.25) is 0 Å². The molecule has 0 spiro atoms. The molecular formula is C22H36O. The summed E-state index contributed by atoms with van der Waals surface area (Å²) >= 11 is 0. The van der Waals surface area contributed by atoms with Crippen molar-refractivity contribution in [3.8, 4) is 0 Å². The molecule has 8 atom stereocenters. The van der Waals surface area contributed by atoms with Crippen LogP contribution in [-0.4, -0.2) is 5.78 Å².